The van der Waals surface area contributed by atoms with E-state index in [1.165, 1.54) is 0 Å². The third-order valence-electron chi connectivity index (χ3n) is 3.19. The molecule has 0 heterocycles. The smallest absolute Gasteiger partial charge is 0.224 e. The highest BCUT2D eigenvalue weighted by molar-refractivity contribution is 5.90. The number of benzene rings is 2. The van der Waals surface area contributed by atoms with Crippen LogP contribution in [0.2, 0.25) is 0 Å². The summed E-state index contributed by atoms with van der Waals surface area (Å²) in [6, 6.07) is 18.5. The topological polar surface area (TPSA) is 78.9 Å². The molecule has 4 heteroatoms. The summed E-state index contributed by atoms with van der Waals surface area (Å²) in [6.45, 7) is 0. The number of hydrogen-bond acceptors (Lipinski definition) is 3. The standard InChI is InChI=1S/C17H17N3O/c18-12-13-5-4-8-15(11-13)20-17(21)10-9-16(19)14-6-2-1-3-7-14/h1-8,11,16H,9-10,19H2,(H,20,21). The molecular weight excluding hydrogens is 262 g/mol. The fourth-order valence-corrected chi connectivity index (χ4v) is 2.04. The lowest BCUT2D eigenvalue weighted by Gasteiger charge is -2.12. The summed E-state index contributed by atoms with van der Waals surface area (Å²) in [6.07, 6.45) is 0.917. The summed E-state index contributed by atoms with van der Waals surface area (Å²) in [5.41, 5.74) is 8.24. The Bertz CT molecular complexity index is 647. The summed E-state index contributed by atoms with van der Waals surface area (Å²) >= 11 is 0. The second-order valence-corrected chi connectivity index (χ2v) is 4.80. The second-order valence-electron chi connectivity index (χ2n) is 4.80. The molecule has 0 fully saturated rings. The third kappa shape index (κ3) is 4.44. The van der Waals surface area contributed by atoms with Crippen molar-refractivity contribution in [2.75, 3.05) is 5.32 Å². The van der Waals surface area contributed by atoms with Crippen LogP contribution >= 0.6 is 0 Å². The molecule has 0 aromatic heterocycles. The lowest BCUT2D eigenvalue weighted by molar-refractivity contribution is -0.116. The quantitative estimate of drug-likeness (QED) is 0.883. The molecule has 1 atom stereocenters. The third-order valence-corrected chi connectivity index (χ3v) is 3.19. The van der Waals surface area contributed by atoms with Crippen molar-refractivity contribution in [1.82, 2.24) is 0 Å². The van der Waals surface area contributed by atoms with Gasteiger partial charge < -0.3 is 11.1 Å². The minimum atomic E-state index is -0.151. The zero-order valence-corrected chi connectivity index (χ0v) is 11.6. The largest absolute Gasteiger partial charge is 0.326 e. The number of nitrogens with two attached hydrogens (primary N) is 1. The van der Waals surface area contributed by atoms with E-state index >= 15 is 0 Å². The molecule has 0 aliphatic carbocycles. The molecule has 0 radical (unpaired) electrons. The molecular formula is C17H17N3O. The molecule has 1 amide bonds. The molecule has 1 unspecified atom stereocenters. The van der Waals surface area contributed by atoms with Gasteiger partial charge in [-0.1, -0.05) is 36.4 Å². The van der Waals surface area contributed by atoms with E-state index in [4.69, 9.17) is 11.0 Å². The van der Waals surface area contributed by atoms with E-state index < -0.39 is 0 Å². The fraction of sp³-hybridized carbons (Fsp3) is 0.176. The molecule has 0 spiro atoms. The van der Waals surface area contributed by atoms with E-state index in [1.54, 1.807) is 24.3 Å². The Labute approximate surface area is 124 Å². The molecule has 0 aliphatic heterocycles. The predicted molar refractivity (Wildman–Crippen MR) is 82.4 cm³/mol. The summed E-state index contributed by atoms with van der Waals surface area (Å²) in [7, 11) is 0. The maximum absolute atomic E-state index is 11.9. The predicted octanol–water partition coefficient (Wildman–Crippen LogP) is 2.98. The van der Waals surface area contributed by atoms with Gasteiger partial charge in [0.1, 0.15) is 0 Å². The number of amides is 1. The number of rotatable bonds is 5. The molecule has 0 bridgehead atoms. The van der Waals surface area contributed by atoms with Crippen LogP contribution in [0.3, 0.4) is 0 Å². The first kappa shape index (κ1) is 14.8. The molecule has 0 aliphatic rings. The van der Waals surface area contributed by atoms with Crippen LogP contribution in [0.25, 0.3) is 0 Å². The SMILES string of the molecule is N#Cc1cccc(NC(=O)CCC(N)c2ccccc2)c1. The number of nitrogens with one attached hydrogen (secondary N) is 1. The Hall–Kier alpha value is -2.64. The van der Waals surface area contributed by atoms with Crippen LogP contribution in [0.15, 0.2) is 54.6 Å². The number of nitriles is 1. The van der Waals surface area contributed by atoms with Crippen LogP contribution in [-0.2, 0) is 4.79 Å². The lowest BCUT2D eigenvalue weighted by Crippen LogP contribution is -2.16. The maximum Gasteiger partial charge on any atom is 0.224 e. The number of nitrogens with zero attached hydrogens (tertiary/aromatic N) is 1. The minimum absolute atomic E-state index is 0.100. The van der Waals surface area contributed by atoms with Gasteiger partial charge >= 0.3 is 0 Å². The van der Waals surface area contributed by atoms with Crippen molar-refractivity contribution in [3.8, 4) is 6.07 Å². The van der Waals surface area contributed by atoms with Crippen molar-refractivity contribution in [3.05, 3.63) is 65.7 Å². The highest BCUT2D eigenvalue weighted by Gasteiger charge is 2.09. The first-order valence-electron chi connectivity index (χ1n) is 6.79. The van der Waals surface area contributed by atoms with Gasteiger partial charge in [-0.25, -0.2) is 0 Å². The van der Waals surface area contributed by atoms with Crippen LogP contribution < -0.4 is 11.1 Å². The van der Waals surface area contributed by atoms with Crippen LogP contribution in [0, 0.1) is 11.3 Å². The van der Waals surface area contributed by atoms with Crippen molar-refractivity contribution in [2.45, 2.75) is 18.9 Å². The molecule has 0 saturated heterocycles. The molecule has 21 heavy (non-hydrogen) atoms. The number of carbonyl (C=O) groups excluding carboxylic acids is 1. The van der Waals surface area contributed by atoms with E-state index in [1.807, 2.05) is 36.4 Å². The van der Waals surface area contributed by atoms with E-state index in [-0.39, 0.29) is 11.9 Å². The highest BCUT2D eigenvalue weighted by atomic mass is 16.1. The molecule has 3 N–H and O–H groups in total. The van der Waals surface area contributed by atoms with Gasteiger partial charge in [0.2, 0.25) is 5.91 Å². The summed E-state index contributed by atoms with van der Waals surface area (Å²) < 4.78 is 0. The molecule has 2 aromatic carbocycles. The summed E-state index contributed by atoms with van der Waals surface area (Å²) in [5.74, 6) is -0.100. The van der Waals surface area contributed by atoms with Crippen molar-refractivity contribution in [3.63, 3.8) is 0 Å². The van der Waals surface area contributed by atoms with Gasteiger partial charge in [0, 0.05) is 18.2 Å². The Kier molecular flexibility index (Phi) is 5.08. The number of anilines is 1. The Balaban J connectivity index is 1.86. The molecule has 4 nitrogen and oxygen atoms in total. The van der Waals surface area contributed by atoms with E-state index in [0.717, 1.165) is 5.56 Å². The van der Waals surface area contributed by atoms with Gasteiger partial charge in [0.25, 0.3) is 0 Å². The summed E-state index contributed by atoms with van der Waals surface area (Å²) in [5, 5.41) is 11.6. The van der Waals surface area contributed by atoms with Crippen LogP contribution in [0.1, 0.15) is 30.0 Å². The van der Waals surface area contributed by atoms with E-state index in [2.05, 4.69) is 5.32 Å². The van der Waals surface area contributed by atoms with Gasteiger partial charge in [-0.3, -0.25) is 4.79 Å². The number of carbonyl (C=O) groups is 1. The Morgan fingerprint density at radius 3 is 2.67 bits per heavy atom. The zero-order chi connectivity index (χ0) is 15.1. The van der Waals surface area contributed by atoms with Crippen molar-refractivity contribution < 1.29 is 4.79 Å². The monoisotopic (exact) mass is 279 g/mol. The van der Waals surface area contributed by atoms with Crippen molar-refractivity contribution in [1.29, 1.82) is 5.26 Å². The average molecular weight is 279 g/mol. The van der Waals surface area contributed by atoms with Gasteiger partial charge in [-0.05, 0) is 30.2 Å². The average Bonchev–Trinajstić information content (AvgIpc) is 2.53. The highest BCUT2D eigenvalue weighted by Crippen LogP contribution is 2.16. The maximum atomic E-state index is 11.9. The number of hydrogen-bond donors (Lipinski definition) is 2. The van der Waals surface area contributed by atoms with Gasteiger partial charge in [-0.2, -0.15) is 5.26 Å². The van der Waals surface area contributed by atoms with Gasteiger partial charge in [0.15, 0.2) is 0 Å². The fourth-order valence-electron chi connectivity index (χ4n) is 2.04. The van der Waals surface area contributed by atoms with Gasteiger partial charge in [0.05, 0.1) is 11.6 Å². The summed E-state index contributed by atoms with van der Waals surface area (Å²) in [4.78, 5) is 11.9. The second kappa shape index (κ2) is 7.22. The van der Waals surface area contributed by atoms with Crippen molar-refractivity contribution in [2.24, 2.45) is 5.73 Å². The molecule has 2 rings (SSSR count). The normalized spacial score (nSPS) is 11.4. The van der Waals surface area contributed by atoms with E-state index in [0.29, 0.717) is 24.1 Å². The van der Waals surface area contributed by atoms with Gasteiger partial charge in [-0.15, -0.1) is 0 Å². The first-order valence-corrected chi connectivity index (χ1v) is 6.79. The molecule has 2 aromatic rings. The van der Waals surface area contributed by atoms with Crippen LogP contribution in [0.4, 0.5) is 5.69 Å². The zero-order valence-electron chi connectivity index (χ0n) is 11.6. The molecule has 0 saturated carbocycles. The minimum Gasteiger partial charge on any atom is -0.326 e. The Morgan fingerprint density at radius 2 is 1.95 bits per heavy atom. The lowest BCUT2D eigenvalue weighted by atomic mass is 10.0. The van der Waals surface area contributed by atoms with Crippen LogP contribution in [-0.4, -0.2) is 5.91 Å². The van der Waals surface area contributed by atoms with Crippen LogP contribution in [0.5, 0.6) is 0 Å². The molecule has 106 valence electrons. The van der Waals surface area contributed by atoms with E-state index in [9.17, 15) is 4.79 Å². The first-order chi connectivity index (χ1) is 10.2. The van der Waals surface area contributed by atoms with Crippen molar-refractivity contribution >= 4 is 11.6 Å². The Morgan fingerprint density at radius 1 is 1.19 bits per heavy atom.